The Morgan fingerprint density at radius 2 is 1.76 bits per heavy atom. The highest BCUT2D eigenvalue weighted by atomic mass is 16.5. The standard InChI is InChI=1S/C29H50O4/c1-20(7-12-27(31)32-4)24-10-11-25-23-9-8-21-19-22(33-18-6-5-17-30)13-15-28(21,2)26(23)14-16-29(24,25)3/h20-26,30H,5-19H2,1-4H3/t20-,21?,22+,23+,24-,25+,26+,28+,29-/m1/s1. The molecule has 4 saturated carbocycles. The van der Waals surface area contributed by atoms with E-state index in [1.165, 1.54) is 64.9 Å². The fourth-order valence-electron chi connectivity index (χ4n) is 9.46. The average molecular weight is 463 g/mol. The summed E-state index contributed by atoms with van der Waals surface area (Å²) >= 11 is 0. The van der Waals surface area contributed by atoms with Gasteiger partial charge >= 0.3 is 5.97 Å². The number of carbonyl (C=O) groups is 1. The van der Waals surface area contributed by atoms with Crippen LogP contribution < -0.4 is 0 Å². The van der Waals surface area contributed by atoms with Gasteiger partial charge in [0.15, 0.2) is 0 Å². The first-order valence-electron chi connectivity index (χ1n) is 14.1. The molecule has 0 saturated heterocycles. The van der Waals surface area contributed by atoms with E-state index >= 15 is 0 Å². The van der Waals surface area contributed by atoms with Crippen molar-refractivity contribution in [2.75, 3.05) is 20.3 Å². The second-order valence-corrected chi connectivity index (χ2v) is 12.7. The van der Waals surface area contributed by atoms with Crippen molar-refractivity contribution in [1.29, 1.82) is 0 Å². The van der Waals surface area contributed by atoms with Gasteiger partial charge in [0.2, 0.25) is 0 Å². The van der Waals surface area contributed by atoms with Crippen LogP contribution in [0.4, 0.5) is 0 Å². The fourth-order valence-corrected chi connectivity index (χ4v) is 9.46. The van der Waals surface area contributed by atoms with Crippen LogP contribution in [-0.2, 0) is 14.3 Å². The predicted molar refractivity (Wildman–Crippen MR) is 132 cm³/mol. The van der Waals surface area contributed by atoms with Gasteiger partial charge < -0.3 is 14.6 Å². The van der Waals surface area contributed by atoms with E-state index in [0.29, 0.717) is 29.3 Å². The Kier molecular flexibility index (Phi) is 8.16. The van der Waals surface area contributed by atoms with Gasteiger partial charge in [0.25, 0.3) is 0 Å². The highest BCUT2D eigenvalue weighted by molar-refractivity contribution is 5.69. The van der Waals surface area contributed by atoms with E-state index in [4.69, 9.17) is 14.6 Å². The van der Waals surface area contributed by atoms with Crippen LogP contribution in [0.3, 0.4) is 0 Å². The van der Waals surface area contributed by atoms with E-state index in [2.05, 4.69) is 20.8 Å². The predicted octanol–water partition coefficient (Wildman–Crippen LogP) is 6.39. The number of aliphatic hydroxyl groups is 1. The molecule has 0 spiro atoms. The third kappa shape index (κ3) is 4.90. The summed E-state index contributed by atoms with van der Waals surface area (Å²) < 4.78 is 11.2. The van der Waals surface area contributed by atoms with Gasteiger partial charge in [-0.3, -0.25) is 4.79 Å². The van der Waals surface area contributed by atoms with Gasteiger partial charge in [0.1, 0.15) is 0 Å². The van der Waals surface area contributed by atoms with Gasteiger partial charge in [-0.15, -0.1) is 0 Å². The zero-order valence-electron chi connectivity index (χ0n) is 21.8. The molecule has 0 radical (unpaired) electrons. The monoisotopic (exact) mass is 462 g/mol. The summed E-state index contributed by atoms with van der Waals surface area (Å²) in [5.74, 6) is 4.84. The molecule has 0 aromatic carbocycles. The second kappa shape index (κ2) is 10.6. The van der Waals surface area contributed by atoms with E-state index in [9.17, 15) is 4.79 Å². The van der Waals surface area contributed by atoms with Crippen molar-refractivity contribution in [3.05, 3.63) is 0 Å². The Morgan fingerprint density at radius 3 is 2.52 bits per heavy atom. The van der Waals surface area contributed by atoms with E-state index in [1.807, 2.05) is 0 Å². The summed E-state index contributed by atoms with van der Waals surface area (Å²) in [5, 5.41) is 9.02. The number of methoxy groups -OCH3 is 1. The first-order valence-corrected chi connectivity index (χ1v) is 14.1. The topological polar surface area (TPSA) is 55.8 Å². The van der Waals surface area contributed by atoms with Gasteiger partial charge in [-0.2, -0.15) is 0 Å². The molecule has 0 bridgehead atoms. The molecule has 33 heavy (non-hydrogen) atoms. The number of aliphatic hydroxyl groups excluding tert-OH is 1. The molecule has 1 unspecified atom stereocenters. The molecule has 0 aromatic heterocycles. The Morgan fingerprint density at radius 1 is 1.00 bits per heavy atom. The number of unbranched alkanes of at least 4 members (excludes halogenated alkanes) is 1. The molecule has 4 heteroatoms. The maximum absolute atomic E-state index is 11.7. The van der Waals surface area contributed by atoms with Crippen molar-refractivity contribution in [2.45, 2.75) is 110 Å². The first kappa shape index (κ1) is 25.5. The lowest BCUT2D eigenvalue weighted by Gasteiger charge is -2.61. The van der Waals surface area contributed by atoms with E-state index < -0.39 is 0 Å². The minimum absolute atomic E-state index is 0.0514. The van der Waals surface area contributed by atoms with Crippen molar-refractivity contribution < 1.29 is 19.4 Å². The highest BCUT2D eigenvalue weighted by Crippen LogP contribution is 2.68. The molecular formula is C29H50O4. The Hall–Kier alpha value is -0.610. The fraction of sp³-hybridized carbons (Fsp3) is 0.966. The molecular weight excluding hydrogens is 412 g/mol. The second-order valence-electron chi connectivity index (χ2n) is 12.7. The summed E-state index contributed by atoms with van der Waals surface area (Å²) in [5.41, 5.74) is 0.969. The molecule has 190 valence electrons. The lowest BCUT2D eigenvalue weighted by atomic mass is 9.44. The lowest BCUT2D eigenvalue weighted by Crippen LogP contribution is -2.54. The van der Waals surface area contributed by atoms with Crippen LogP contribution in [0, 0.1) is 46.3 Å². The van der Waals surface area contributed by atoms with Crippen LogP contribution >= 0.6 is 0 Å². The van der Waals surface area contributed by atoms with Gasteiger partial charge in [-0.25, -0.2) is 0 Å². The van der Waals surface area contributed by atoms with Gasteiger partial charge in [0.05, 0.1) is 13.2 Å². The lowest BCUT2D eigenvalue weighted by molar-refractivity contribution is -0.142. The molecule has 4 nitrogen and oxygen atoms in total. The maximum Gasteiger partial charge on any atom is 0.305 e. The summed E-state index contributed by atoms with van der Waals surface area (Å²) in [6, 6.07) is 0. The van der Waals surface area contributed by atoms with E-state index in [1.54, 1.807) is 0 Å². The summed E-state index contributed by atoms with van der Waals surface area (Å²) in [6.45, 7) is 8.75. The molecule has 0 aliphatic heterocycles. The molecule has 4 fully saturated rings. The van der Waals surface area contributed by atoms with Crippen molar-refractivity contribution in [3.8, 4) is 0 Å². The number of esters is 1. The number of hydrogen-bond donors (Lipinski definition) is 1. The van der Waals surface area contributed by atoms with E-state index in [0.717, 1.165) is 55.5 Å². The minimum Gasteiger partial charge on any atom is -0.469 e. The molecule has 4 aliphatic rings. The van der Waals surface area contributed by atoms with E-state index in [-0.39, 0.29) is 12.6 Å². The average Bonchev–Trinajstić information content (AvgIpc) is 3.17. The van der Waals surface area contributed by atoms with Crippen LogP contribution in [0.1, 0.15) is 104 Å². The van der Waals surface area contributed by atoms with Crippen molar-refractivity contribution in [2.24, 2.45) is 46.3 Å². The van der Waals surface area contributed by atoms with Crippen LogP contribution in [-0.4, -0.2) is 37.5 Å². The van der Waals surface area contributed by atoms with Gasteiger partial charge in [0, 0.05) is 19.6 Å². The zero-order chi connectivity index (χ0) is 23.6. The van der Waals surface area contributed by atoms with Crippen LogP contribution in [0.15, 0.2) is 0 Å². The molecule has 0 amide bonds. The number of hydrogen-bond acceptors (Lipinski definition) is 4. The molecule has 4 rings (SSSR count). The Balaban J connectivity index is 1.38. The summed E-state index contributed by atoms with van der Waals surface area (Å²) in [7, 11) is 1.51. The molecule has 9 atom stereocenters. The third-order valence-electron chi connectivity index (χ3n) is 11.3. The van der Waals surface area contributed by atoms with Crippen molar-refractivity contribution >= 4 is 5.97 Å². The summed E-state index contributed by atoms with van der Waals surface area (Å²) in [6.07, 6.45) is 16.0. The highest BCUT2D eigenvalue weighted by Gasteiger charge is 2.60. The molecule has 1 N–H and O–H groups in total. The number of rotatable bonds is 9. The van der Waals surface area contributed by atoms with Crippen LogP contribution in [0.2, 0.25) is 0 Å². The molecule has 0 heterocycles. The maximum atomic E-state index is 11.7. The van der Waals surface area contributed by atoms with Gasteiger partial charge in [-0.05, 0) is 123 Å². The van der Waals surface area contributed by atoms with Crippen molar-refractivity contribution in [1.82, 2.24) is 0 Å². The quantitative estimate of drug-likeness (QED) is 0.318. The smallest absolute Gasteiger partial charge is 0.305 e. The Bertz CT molecular complexity index is 664. The molecule has 0 aromatic rings. The zero-order valence-corrected chi connectivity index (χ0v) is 21.8. The SMILES string of the molecule is COC(=O)CC[C@@H](C)[C@H]1CC[C@H]2[C@@H]3CCC4C[C@@H](OCCCCO)CC[C@]4(C)[C@H]3CC[C@]12C. The van der Waals surface area contributed by atoms with Crippen LogP contribution in [0.5, 0.6) is 0 Å². The Labute approximate surface area is 202 Å². The van der Waals surface area contributed by atoms with Gasteiger partial charge in [-0.1, -0.05) is 20.8 Å². The normalized spacial score (nSPS) is 43.3. The first-order chi connectivity index (χ1) is 15.8. The van der Waals surface area contributed by atoms with Crippen molar-refractivity contribution in [3.63, 3.8) is 0 Å². The third-order valence-corrected chi connectivity index (χ3v) is 11.3. The molecule has 4 aliphatic carbocycles. The number of ether oxygens (including phenoxy) is 2. The van der Waals surface area contributed by atoms with Crippen LogP contribution in [0.25, 0.3) is 0 Å². The largest absolute Gasteiger partial charge is 0.469 e. The summed E-state index contributed by atoms with van der Waals surface area (Å²) in [4.78, 5) is 11.7. The minimum atomic E-state index is -0.0514. The number of fused-ring (bicyclic) bond motifs is 5. The number of carbonyl (C=O) groups excluding carboxylic acids is 1.